The van der Waals surface area contributed by atoms with Crippen LogP contribution in [0.5, 0.6) is 0 Å². The minimum Gasteiger partial charge on any atom is -0.355 e. The van der Waals surface area contributed by atoms with E-state index in [9.17, 15) is 39.9 Å². The lowest BCUT2D eigenvalue weighted by Crippen LogP contribution is -2.36. The fourth-order valence-electron chi connectivity index (χ4n) is 2.76. The Kier molecular flexibility index (Phi) is 5.78. The van der Waals surface area contributed by atoms with Crippen LogP contribution in [-0.2, 0) is 19.1 Å². The second-order valence-electron chi connectivity index (χ2n) is 6.29. The van der Waals surface area contributed by atoms with Crippen LogP contribution in [0.3, 0.4) is 0 Å². The van der Waals surface area contributed by atoms with Crippen LogP contribution in [0.25, 0.3) is 16.3 Å². The van der Waals surface area contributed by atoms with Crippen molar-refractivity contribution in [2.45, 2.75) is 18.3 Å². The SMILES string of the molecule is CNC(=O)c1cc(-c2cnn(-c3c(C(F)(F)F)c(C(F)(F)C(F)(F)F)nn3C)c2)sc1Cl. The summed E-state index contributed by atoms with van der Waals surface area (Å²) in [5.74, 6) is -7.56. The van der Waals surface area contributed by atoms with E-state index >= 15 is 0 Å². The van der Waals surface area contributed by atoms with Gasteiger partial charge in [-0.05, 0) is 6.07 Å². The van der Waals surface area contributed by atoms with Gasteiger partial charge in [0.1, 0.15) is 9.90 Å². The molecule has 3 rings (SSSR count). The zero-order valence-corrected chi connectivity index (χ0v) is 17.3. The fourth-order valence-corrected chi connectivity index (χ4v) is 4.00. The van der Waals surface area contributed by atoms with Gasteiger partial charge in [0.2, 0.25) is 0 Å². The minimum atomic E-state index is -6.31. The molecule has 3 heterocycles. The Hall–Kier alpha value is -2.68. The van der Waals surface area contributed by atoms with Crippen LogP contribution in [-0.4, -0.2) is 38.7 Å². The van der Waals surface area contributed by atoms with Gasteiger partial charge >= 0.3 is 18.3 Å². The van der Waals surface area contributed by atoms with Gasteiger partial charge in [0.15, 0.2) is 11.5 Å². The summed E-state index contributed by atoms with van der Waals surface area (Å²) < 4.78 is 107. The molecule has 0 saturated heterocycles. The Bertz CT molecular complexity index is 1180. The summed E-state index contributed by atoms with van der Waals surface area (Å²) in [7, 11) is 2.12. The molecule has 32 heavy (non-hydrogen) atoms. The fraction of sp³-hybridized carbons (Fsp3) is 0.312. The Morgan fingerprint density at radius 2 is 1.78 bits per heavy atom. The second kappa shape index (κ2) is 7.72. The molecule has 3 aromatic rings. The highest BCUT2D eigenvalue weighted by molar-refractivity contribution is 7.19. The summed E-state index contributed by atoms with van der Waals surface area (Å²) in [6, 6.07) is 1.32. The van der Waals surface area contributed by atoms with Crippen LogP contribution in [0.15, 0.2) is 18.5 Å². The molecule has 16 heteroatoms. The smallest absolute Gasteiger partial charge is 0.355 e. The van der Waals surface area contributed by atoms with E-state index in [4.69, 9.17) is 11.6 Å². The van der Waals surface area contributed by atoms with E-state index in [0.717, 1.165) is 30.8 Å². The molecule has 0 aliphatic carbocycles. The number of carbonyl (C=O) groups is 1. The number of amides is 1. The molecule has 0 bridgehead atoms. The number of thiophene rings is 1. The molecule has 0 radical (unpaired) electrons. The predicted molar refractivity (Wildman–Crippen MR) is 97.0 cm³/mol. The Morgan fingerprint density at radius 1 is 1.16 bits per heavy atom. The third-order valence-corrected chi connectivity index (χ3v) is 5.60. The number of carbonyl (C=O) groups excluding carboxylic acids is 1. The van der Waals surface area contributed by atoms with Crippen molar-refractivity contribution >= 4 is 28.8 Å². The lowest BCUT2D eigenvalue weighted by atomic mass is 10.1. The van der Waals surface area contributed by atoms with Crippen molar-refractivity contribution < 1.29 is 39.9 Å². The van der Waals surface area contributed by atoms with Gasteiger partial charge in [-0.25, -0.2) is 9.36 Å². The van der Waals surface area contributed by atoms with E-state index in [1.165, 1.54) is 13.1 Å². The summed E-state index contributed by atoms with van der Waals surface area (Å²) in [5.41, 5.74) is -4.57. The monoisotopic (exact) mass is 507 g/mol. The number of hydrogen-bond donors (Lipinski definition) is 1. The summed E-state index contributed by atoms with van der Waals surface area (Å²) in [6.07, 6.45) is -9.93. The van der Waals surface area contributed by atoms with Crippen LogP contribution >= 0.6 is 22.9 Å². The average molecular weight is 508 g/mol. The Labute approximate surface area is 182 Å². The first kappa shape index (κ1) is 24.0. The highest BCUT2D eigenvalue weighted by Crippen LogP contribution is 2.49. The molecule has 0 aliphatic heterocycles. The molecule has 0 aliphatic rings. The van der Waals surface area contributed by atoms with E-state index in [1.807, 2.05) is 0 Å². The molecule has 3 aromatic heterocycles. The van der Waals surface area contributed by atoms with Gasteiger partial charge in [-0.15, -0.1) is 11.3 Å². The van der Waals surface area contributed by atoms with Crippen LogP contribution in [0.2, 0.25) is 4.34 Å². The Balaban J connectivity index is 2.17. The van der Waals surface area contributed by atoms with Crippen LogP contribution < -0.4 is 5.32 Å². The first-order valence-electron chi connectivity index (χ1n) is 8.25. The molecule has 1 amide bonds. The van der Waals surface area contributed by atoms with Gasteiger partial charge < -0.3 is 5.32 Å². The summed E-state index contributed by atoms with van der Waals surface area (Å²) >= 11 is 6.86. The third-order valence-electron chi connectivity index (χ3n) is 4.20. The quantitative estimate of drug-likeness (QED) is 0.504. The molecule has 0 atom stereocenters. The maximum absolute atomic E-state index is 13.8. The number of alkyl halides is 8. The van der Waals surface area contributed by atoms with Crippen LogP contribution in [0.4, 0.5) is 35.1 Å². The third kappa shape index (κ3) is 3.94. The van der Waals surface area contributed by atoms with Gasteiger partial charge in [-0.1, -0.05) is 11.6 Å². The van der Waals surface area contributed by atoms with Crippen molar-refractivity contribution in [2.75, 3.05) is 7.05 Å². The first-order chi connectivity index (χ1) is 14.6. The van der Waals surface area contributed by atoms with Crippen molar-refractivity contribution in [3.8, 4) is 16.3 Å². The van der Waals surface area contributed by atoms with Crippen LogP contribution in [0.1, 0.15) is 21.6 Å². The number of nitrogens with zero attached hydrogens (tertiary/aromatic N) is 4. The largest absolute Gasteiger partial charge is 0.459 e. The molecule has 1 N–H and O–H groups in total. The first-order valence-corrected chi connectivity index (χ1v) is 9.45. The van der Waals surface area contributed by atoms with Gasteiger partial charge in [0.25, 0.3) is 5.91 Å². The van der Waals surface area contributed by atoms with Crippen molar-refractivity contribution in [1.82, 2.24) is 24.9 Å². The lowest BCUT2D eigenvalue weighted by Gasteiger charge is -2.19. The topological polar surface area (TPSA) is 64.7 Å². The van der Waals surface area contributed by atoms with Crippen molar-refractivity contribution in [3.63, 3.8) is 0 Å². The summed E-state index contributed by atoms with van der Waals surface area (Å²) in [4.78, 5) is 12.1. The molecular formula is C16H10ClF8N5OS. The molecule has 0 aromatic carbocycles. The molecule has 0 fully saturated rings. The maximum atomic E-state index is 13.8. The standard InChI is InChI=1S/C16H10ClF8N5OS/c1-26-12(31)7-3-8(32-11(7)17)6-4-27-30(5-6)13-9(15(20,21)22)10(28-29(13)2)14(18,19)16(23,24)25/h3-5H,1-2H3,(H,26,31). The van der Waals surface area contributed by atoms with E-state index in [1.54, 1.807) is 0 Å². The zero-order valence-electron chi connectivity index (χ0n) is 15.7. The molecular weight excluding hydrogens is 498 g/mol. The van der Waals surface area contributed by atoms with Gasteiger partial charge in [-0.2, -0.15) is 45.3 Å². The average Bonchev–Trinajstić information content (AvgIpc) is 3.35. The van der Waals surface area contributed by atoms with E-state index in [-0.39, 0.29) is 25.0 Å². The number of aryl methyl sites for hydroxylation is 1. The van der Waals surface area contributed by atoms with Crippen LogP contribution in [0, 0.1) is 0 Å². The van der Waals surface area contributed by atoms with E-state index < -0.39 is 41.3 Å². The van der Waals surface area contributed by atoms with Crippen molar-refractivity contribution in [1.29, 1.82) is 0 Å². The highest BCUT2D eigenvalue weighted by Gasteiger charge is 2.64. The highest BCUT2D eigenvalue weighted by atomic mass is 35.5. The zero-order chi connectivity index (χ0) is 24.2. The number of halogens is 9. The Morgan fingerprint density at radius 3 is 2.31 bits per heavy atom. The molecule has 0 spiro atoms. The van der Waals surface area contributed by atoms with Crippen molar-refractivity contribution in [2.24, 2.45) is 7.05 Å². The minimum absolute atomic E-state index is 0.0655. The summed E-state index contributed by atoms with van der Waals surface area (Å²) in [6.45, 7) is 0. The predicted octanol–water partition coefficient (Wildman–Crippen LogP) is 5.02. The van der Waals surface area contributed by atoms with E-state index in [0.29, 0.717) is 4.68 Å². The van der Waals surface area contributed by atoms with E-state index in [2.05, 4.69) is 15.5 Å². The molecule has 0 unspecified atom stereocenters. The number of rotatable bonds is 4. The van der Waals surface area contributed by atoms with Gasteiger partial charge in [-0.3, -0.25) is 4.79 Å². The number of hydrogen-bond acceptors (Lipinski definition) is 4. The van der Waals surface area contributed by atoms with Gasteiger partial charge in [0.05, 0.1) is 11.8 Å². The molecule has 6 nitrogen and oxygen atoms in total. The lowest BCUT2D eigenvalue weighted by molar-refractivity contribution is -0.292. The normalized spacial score (nSPS) is 13.0. The number of nitrogens with one attached hydrogen (secondary N) is 1. The molecule has 174 valence electrons. The summed E-state index contributed by atoms with van der Waals surface area (Å²) in [5, 5.41) is 8.81. The molecule has 0 saturated carbocycles. The maximum Gasteiger partial charge on any atom is 0.459 e. The second-order valence-corrected chi connectivity index (χ2v) is 7.95. The van der Waals surface area contributed by atoms with Crippen molar-refractivity contribution in [3.05, 3.63) is 39.6 Å². The number of aromatic nitrogens is 4. The van der Waals surface area contributed by atoms with Gasteiger partial charge in [0, 0.05) is 30.7 Å².